The van der Waals surface area contributed by atoms with E-state index in [1.165, 1.54) is 0 Å². The van der Waals surface area contributed by atoms with Gasteiger partial charge < -0.3 is 19.4 Å². The van der Waals surface area contributed by atoms with Crippen LogP contribution in [0, 0.1) is 6.92 Å². The summed E-state index contributed by atoms with van der Waals surface area (Å²) in [6.07, 6.45) is -6.84. The number of ether oxygens (including phenoxy) is 1. The third-order valence-electron chi connectivity index (χ3n) is 5.05. The molecule has 8 nitrogen and oxygen atoms in total. The number of hydrogen-bond acceptors (Lipinski definition) is 7. The van der Waals surface area contributed by atoms with Gasteiger partial charge in [0.05, 0.1) is 24.9 Å². The van der Waals surface area contributed by atoms with Crippen molar-refractivity contribution in [2.24, 2.45) is 0 Å². The summed E-state index contributed by atoms with van der Waals surface area (Å²) in [7, 11) is 0. The zero-order chi connectivity index (χ0) is 27.9. The normalized spacial score (nSPS) is 18.7. The fraction of sp³-hybridized carbons (Fsp3) is 0.500. The Kier molecular flexibility index (Phi) is 10.4. The van der Waals surface area contributed by atoms with Gasteiger partial charge in [0.15, 0.2) is 0 Å². The van der Waals surface area contributed by atoms with E-state index in [1.54, 1.807) is 0 Å². The molecular weight excluding hydrogens is 534 g/mol. The maximum absolute atomic E-state index is 10.6. The highest BCUT2D eigenvalue weighted by Crippen LogP contribution is 2.46. The Hall–Kier alpha value is -2.78. The van der Waals surface area contributed by atoms with Crippen molar-refractivity contribution in [3.63, 3.8) is 0 Å². The van der Waals surface area contributed by atoms with E-state index in [4.69, 9.17) is 29.0 Å². The molecule has 1 atom stereocenters. The lowest BCUT2D eigenvalue weighted by molar-refractivity contribution is -0.193. The molecule has 2 N–H and O–H groups in total. The lowest BCUT2D eigenvalue weighted by atomic mass is 9.93. The minimum Gasteiger partial charge on any atom is -0.475 e. The zero-order valence-electron chi connectivity index (χ0n) is 19.4. The zero-order valence-corrected chi connectivity index (χ0v) is 20.2. The molecule has 0 aliphatic carbocycles. The second kappa shape index (κ2) is 12.6. The Balaban J connectivity index is 0.000000286. The lowest BCUT2D eigenvalue weighted by Crippen LogP contribution is -2.58. The highest BCUT2D eigenvalue weighted by molar-refractivity contribution is 8.01. The molecule has 15 heteroatoms. The monoisotopic (exact) mass is 558 g/mol. The molecule has 4 heterocycles. The van der Waals surface area contributed by atoms with Crippen LogP contribution >= 0.6 is 11.8 Å². The number of carbonyl (C=O) groups is 2. The van der Waals surface area contributed by atoms with Crippen LogP contribution < -0.4 is 0 Å². The Morgan fingerprint density at radius 2 is 1.70 bits per heavy atom. The van der Waals surface area contributed by atoms with Crippen molar-refractivity contribution < 1.29 is 55.3 Å². The molecule has 2 aliphatic heterocycles. The Morgan fingerprint density at radius 3 is 2.16 bits per heavy atom. The highest BCUT2D eigenvalue weighted by Gasteiger charge is 2.49. The minimum absolute atomic E-state index is 0.356. The number of likely N-dealkylation sites (tertiary alicyclic amines) is 1. The van der Waals surface area contributed by atoms with E-state index < -0.39 is 24.3 Å². The second-order valence-corrected chi connectivity index (χ2v) is 9.70. The van der Waals surface area contributed by atoms with Crippen molar-refractivity contribution >= 4 is 23.7 Å². The number of aliphatic carboxylic acids is 2. The predicted octanol–water partition coefficient (Wildman–Crippen LogP) is 4.53. The molecule has 0 amide bonds. The molecule has 0 bridgehead atoms. The summed E-state index contributed by atoms with van der Waals surface area (Å²) in [5.74, 6) is -2.35. The van der Waals surface area contributed by atoms with Crippen molar-refractivity contribution in [3.8, 4) is 0 Å². The summed E-state index contributed by atoms with van der Waals surface area (Å²) in [6.45, 7) is 5.83. The van der Waals surface area contributed by atoms with Crippen LogP contribution in [0.25, 0.3) is 0 Å². The van der Waals surface area contributed by atoms with Gasteiger partial charge in [-0.2, -0.15) is 26.3 Å². The SMILES string of the molecule is Cc1ccc(CN2CC3(CC(OCc4ccccn4)CS3)C2)o1.O=C(O)C(F)(F)F.O=C(O)C(F)(F)F. The molecule has 0 saturated carbocycles. The topological polar surface area (TPSA) is 113 Å². The summed E-state index contributed by atoms with van der Waals surface area (Å²) in [5.41, 5.74) is 1.02. The van der Waals surface area contributed by atoms with Gasteiger partial charge in [-0.3, -0.25) is 9.88 Å². The Bertz CT molecular complexity index is 1000. The summed E-state index contributed by atoms with van der Waals surface area (Å²) in [4.78, 5) is 24.6. The number of alkyl halides is 6. The van der Waals surface area contributed by atoms with Gasteiger partial charge in [0.1, 0.15) is 11.5 Å². The fourth-order valence-corrected chi connectivity index (χ4v) is 5.09. The quantitative estimate of drug-likeness (QED) is 0.512. The number of halogens is 6. The van der Waals surface area contributed by atoms with Gasteiger partial charge in [-0.05, 0) is 37.6 Å². The second-order valence-electron chi connectivity index (χ2n) is 8.22. The van der Waals surface area contributed by atoms with Crippen LogP contribution in [0.2, 0.25) is 0 Å². The van der Waals surface area contributed by atoms with Gasteiger partial charge in [-0.25, -0.2) is 9.59 Å². The fourth-order valence-electron chi connectivity index (χ4n) is 3.49. The first-order valence-electron chi connectivity index (χ1n) is 10.6. The van der Waals surface area contributed by atoms with Gasteiger partial charge in [0, 0.05) is 29.8 Å². The molecular formula is C22H24F6N2O6S. The molecule has 1 spiro atoms. The number of hydrogen-bond donors (Lipinski definition) is 2. The van der Waals surface area contributed by atoms with E-state index >= 15 is 0 Å². The van der Waals surface area contributed by atoms with Crippen molar-refractivity contribution in [3.05, 3.63) is 53.7 Å². The number of thioether (sulfide) groups is 1. The molecule has 0 radical (unpaired) electrons. The predicted molar refractivity (Wildman–Crippen MR) is 119 cm³/mol. The first-order chi connectivity index (χ1) is 17.1. The average Bonchev–Trinajstić information content (AvgIpc) is 3.39. The molecule has 37 heavy (non-hydrogen) atoms. The van der Waals surface area contributed by atoms with Gasteiger partial charge in [-0.15, -0.1) is 11.8 Å². The van der Waals surface area contributed by atoms with E-state index in [-0.39, 0.29) is 0 Å². The maximum Gasteiger partial charge on any atom is 0.490 e. The molecule has 4 rings (SSSR count). The lowest BCUT2D eigenvalue weighted by Gasteiger charge is -2.47. The van der Waals surface area contributed by atoms with Crippen molar-refractivity contribution in [1.82, 2.24) is 9.88 Å². The Labute approximate surface area is 211 Å². The van der Waals surface area contributed by atoms with Crippen molar-refractivity contribution in [2.45, 2.75) is 49.7 Å². The molecule has 2 fully saturated rings. The molecule has 2 aromatic rings. The number of furan rings is 1. The van der Waals surface area contributed by atoms with Crippen molar-refractivity contribution in [2.75, 3.05) is 18.8 Å². The van der Waals surface area contributed by atoms with Gasteiger partial charge in [0.25, 0.3) is 0 Å². The molecule has 2 aliphatic rings. The van der Waals surface area contributed by atoms with Gasteiger partial charge in [0.2, 0.25) is 0 Å². The first kappa shape index (κ1) is 30.4. The van der Waals surface area contributed by atoms with E-state index in [0.717, 1.165) is 49.0 Å². The highest BCUT2D eigenvalue weighted by atomic mass is 32.2. The summed E-state index contributed by atoms with van der Waals surface area (Å²) >= 11 is 2.08. The molecule has 2 aromatic heterocycles. The number of pyridine rings is 1. The van der Waals surface area contributed by atoms with E-state index in [0.29, 0.717) is 17.5 Å². The smallest absolute Gasteiger partial charge is 0.475 e. The molecule has 0 aromatic carbocycles. The third-order valence-corrected chi connectivity index (χ3v) is 6.63. The number of carboxylic acids is 2. The summed E-state index contributed by atoms with van der Waals surface area (Å²) < 4.78 is 75.6. The van der Waals surface area contributed by atoms with Crippen LogP contribution in [0.15, 0.2) is 40.9 Å². The van der Waals surface area contributed by atoms with Gasteiger partial charge in [-0.1, -0.05) is 6.07 Å². The average molecular weight is 558 g/mol. The van der Waals surface area contributed by atoms with Crippen molar-refractivity contribution in [1.29, 1.82) is 0 Å². The summed E-state index contributed by atoms with van der Waals surface area (Å²) in [6, 6.07) is 10.1. The molecule has 206 valence electrons. The van der Waals surface area contributed by atoms with Crippen LogP contribution in [0.3, 0.4) is 0 Å². The van der Waals surface area contributed by atoms with Crippen LogP contribution in [0.5, 0.6) is 0 Å². The van der Waals surface area contributed by atoms with Gasteiger partial charge >= 0.3 is 24.3 Å². The molecule has 1 unspecified atom stereocenters. The maximum atomic E-state index is 10.6. The van der Waals surface area contributed by atoms with Crippen LogP contribution in [-0.2, 0) is 27.5 Å². The minimum atomic E-state index is -5.08. The largest absolute Gasteiger partial charge is 0.490 e. The number of rotatable bonds is 5. The van der Waals surface area contributed by atoms with E-state index in [2.05, 4.69) is 27.7 Å². The number of aromatic nitrogens is 1. The number of nitrogens with zero attached hydrogens (tertiary/aromatic N) is 2. The first-order valence-corrected chi connectivity index (χ1v) is 11.6. The van der Waals surface area contributed by atoms with Crippen LogP contribution in [-0.4, -0.2) is 74.1 Å². The summed E-state index contributed by atoms with van der Waals surface area (Å²) in [5, 5.41) is 14.2. The van der Waals surface area contributed by atoms with Crippen LogP contribution in [0.4, 0.5) is 26.3 Å². The van der Waals surface area contributed by atoms with Crippen LogP contribution in [0.1, 0.15) is 23.6 Å². The van der Waals surface area contributed by atoms with E-state index in [1.807, 2.05) is 37.4 Å². The molecule has 2 saturated heterocycles. The number of carboxylic acid groups (broad SMARTS) is 2. The van der Waals surface area contributed by atoms with E-state index in [9.17, 15) is 26.3 Å². The standard InChI is InChI=1S/C18H22N2O2S.2C2HF3O2/c1-14-5-6-16(22-14)9-20-12-18(13-20)8-17(11-23-18)21-10-15-4-2-3-7-19-15;2*3-2(4,5)1(6)7/h2-7,17H,8-13H2,1H3;2*(H,6,7). The number of aryl methyl sites for hydroxylation is 1. The Morgan fingerprint density at radius 1 is 1.11 bits per heavy atom. The third kappa shape index (κ3) is 10.2.